The van der Waals surface area contributed by atoms with Crippen LogP contribution in [0.2, 0.25) is 5.02 Å². The summed E-state index contributed by atoms with van der Waals surface area (Å²) in [4.78, 5) is 6.43. The fraction of sp³-hybridized carbons (Fsp3) is 0.643. The highest BCUT2D eigenvalue weighted by molar-refractivity contribution is 6.33. The summed E-state index contributed by atoms with van der Waals surface area (Å²) in [5, 5.41) is 4.12. The fourth-order valence-electron chi connectivity index (χ4n) is 1.99. The van der Waals surface area contributed by atoms with Gasteiger partial charge in [-0.2, -0.15) is 0 Å². The first-order valence-electron chi connectivity index (χ1n) is 6.75. The van der Waals surface area contributed by atoms with Crippen molar-refractivity contribution in [3.63, 3.8) is 0 Å². The van der Waals surface area contributed by atoms with Crippen LogP contribution < -0.4 is 5.32 Å². The lowest BCUT2D eigenvalue weighted by atomic mass is 10.1. The van der Waals surface area contributed by atoms with Gasteiger partial charge in [0.2, 0.25) is 0 Å². The maximum absolute atomic E-state index is 6.06. The van der Waals surface area contributed by atoms with Crippen molar-refractivity contribution in [3.05, 3.63) is 23.5 Å². The molecule has 1 aromatic rings. The van der Waals surface area contributed by atoms with E-state index in [-0.39, 0.29) is 0 Å². The molecule has 3 nitrogen and oxygen atoms in total. The van der Waals surface area contributed by atoms with Gasteiger partial charge in [-0.15, -0.1) is 0 Å². The van der Waals surface area contributed by atoms with Crippen LogP contribution in [0.15, 0.2) is 18.5 Å². The number of hydrogen-bond acceptors (Lipinski definition) is 3. The van der Waals surface area contributed by atoms with Crippen molar-refractivity contribution >= 4 is 17.3 Å². The number of anilines is 1. The molecule has 0 fully saturated rings. The van der Waals surface area contributed by atoms with Crippen molar-refractivity contribution in [3.8, 4) is 0 Å². The largest absolute Gasteiger partial charge is 0.381 e. The van der Waals surface area contributed by atoms with E-state index in [0.717, 1.165) is 25.2 Å². The van der Waals surface area contributed by atoms with Crippen LogP contribution >= 0.6 is 11.6 Å². The van der Waals surface area contributed by atoms with Crippen molar-refractivity contribution in [1.82, 2.24) is 9.88 Å². The first-order valence-corrected chi connectivity index (χ1v) is 7.13. The zero-order valence-corrected chi connectivity index (χ0v) is 12.4. The summed E-state index contributed by atoms with van der Waals surface area (Å²) in [7, 11) is 0. The molecule has 1 atom stereocenters. The Hall–Kier alpha value is -0.800. The Kier molecular flexibility index (Phi) is 7.06. The minimum absolute atomic E-state index is 0.431. The van der Waals surface area contributed by atoms with E-state index in [1.165, 1.54) is 13.0 Å². The molecule has 0 amide bonds. The monoisotopic (exact) mass is 269 g/mol. The topological polar surface area (TPSA) is 28.2 Å². The van der Waals surface area contributed by atoms with Gasteiger partial charge in [0, 0.05) is 18.4 Å². The first-order chi connectivity index (χ1) is 8.67. The molecule has 0 aliphatic rings. The van der Waals surface area contributed by atoms with Crippen molar-refractivity contribution in [2.24, 2.45) is 0 Å². The molecule has 1 unspecified atom stereocenters. The maximum atomic E-state index is 6.06. The Labute approximate surface area is 116 Å². The van der Waals surface area contributed by atoms with Gasteiger partial charge in [-0.1, -0.05) is 25.4 Å². The van der Waals surface area contributed by atoms with Gasteiger partial charge in [0.05, 0.1) is 10.7 Å². The van der Waals surface area contributed by atoms with Crippen molar-refractivity contribution < 1.29 is 0 Å². The van der Waals surface area contributed by atoms with E-state index in [0.29, 0.717) is 11.1 Å². The zero-order chi connectivity index (χ0) is 13.4. The highest BCUT2D eigenvalue weighted by Gasteiger charge is 2.06. The molecule has 4 heteroatoms. The fourth-order valence-corrected chi connectivity index (χ4v) is 2.16. The van der Waals surface area contributed by atoms with Gasteiger partial charge in [0.1, 0.15) is 0 Å². The molecular formula is C14H24ClN3. The first kappa shape index (κ1) is 15.3. The van der Waals surface area contributed by atoms with E-state index >= 15 is 0 Å². The van der Waals surface area contributed by atoms with E-state index in [1.54, 1.807) is 12.4 Å². The van der Waals surface area contributed by atoms with Gasteiger partial charge in [-0.25, -0.2) is 0 Å². The van der Waals surface area contributed by atoms with Gasteiger partial charge >= 0.3 is 0 Å². The van der Waals surface area contributed by atoms with Gasteiger partial charge in [0.25, 0.3) is 0 Å². The zero-order valence-electron chi connectivity index (χ0n) is 11.6. The highest BCUT2D eigenvalue weighted by atomic mass is 35.5. The van der Waals surface area contributed by atoms with E-state index in [2.05, 4.69) is 36.0 Å². The molecule has 1 rings (SSSR count). The number of nitrogens with zero attached hydrogens (tertiary/aromatic N) is 2. The molecule has 1 aromatic heterocycles. The molecule has 102 valence electrons. The average Bonchev–Trinajstić information content (AvgIpc) is 2.37. The van der Waals surface area contributed by atoms with Gasteiger partial charge in [-0.3, -0.25) is 4.98 Å². The van der Waals surface area contributed by atoms with Crippen LogP contribution in [0.1, 0.15) is 33.6 Å². The molecule has 1 heterocycles. The van der Waals surface area contributed by atoms with Crippen LogP contribution in [0.25, 0.3) is 0 Å². The van der Waals surface area contributed by atoms with Crippen LogP contribution in [-0.2, 0) is 0 Å². The molecule has 0 bridgehead atoms. The van der Waals surface area contributed by atoms with Gasteiger partial charge in [0.15, 0.2) is 0 Å². The molecule has 1 N–H and O–H groups in total. The van der Waals surface area contributed by atoms with Gasteiger partial charge < -0.3 is 10.2 Å². The number of pyridine rings is 1. The third-order valence-corrected chi connectivity index (χ3v) is 3.48. The van der Waals surface area contributed by atoms with Crippen molar-refractivity contribution in [2.75, 3.05) is 25.0 Å². The van der Waals surface area contributed by atoms with Crippen LogP contribution in [-0.4, -0.2) is 35.6 Å². The Morgan fingerprint density at radius 3 is 2.72 bits per heavy atom. The normalized spacial score (nSPS) is 12.7. The quantitative estimate of drug-likeness (QED) is 0.781. The van der Waals surface area contributed by atoms with Crippen LogP contribution in [0.3, 0.4) is 0 Å². The number of halogens is 1. The van der Waals surface area contributed by atoms with Crippen LogP contribution in [0.4, 0.5) is 5.69 Å². The van der Waals surface area contributed by atoms with Crippen LogP contribution in [0.5, 0.6) is 0 Å². The van der Waals surface area contributed by atoms with E-state index in [1.807, 2.05) is 6.07 Å². The summed E-state index contributed by atoms with van der Waals surface area (Å²) < 4.78 is 0. The Morgan fingerprint density at radius 2 is 2.11 bits per heavy atom. The summed E-state index contributed by atoms with van der Waals surface area (Å²) in [6, 6.07) is 2.35. The molecular weight excluding hydrogens is 246 g/mol. The standard InChI is InChI=1S/C14H24ClN3/c1-4-18(5-2)10-6-7-12(3)17-14-8-9-16-11-13(14)15/h8-9,11-12H,4-7,10H2,1-3H3,(H,16,17). The molecule has 0 radical (unpaired) electrons. The van der Waals surface area contributed by atoms with E-state index in [9.17, 15) is 0 Å². The summed E-state index contributed by atoms with van der Waals surface area (Å²) in [6.07, 6.45) is 5.79. The smallest absolute Gasteiger partial charge is 0.0820 e. The Morgan fingerprint density at radius 1 is 1.39 bits per heavy atom. The molecule has 0 saturated heterocycles. The number of hydrogen-bond donors (Lipinski definition) is 1. The predicted octanol–water partition coefficient (Wildman–Crippen LogP) is 3.66. The Balaban J connectivity index is 2.30. The maximum Gasteiger partial charge on any atom is 0.0820 e. The number of rotatable bonds is 8. The molecule has 0 aliphatic heterocycles. The minimum atomic E-state index is 0.431. The van der Waals surface area contributed by atoms with Crippen LogP contribution in [0, 0.1) is 0 Å². The second kappa shape index (κ2) is 8.33. The van der Waals surface area contributed by atoms with E-state index < -0.39 is 0 Å². The molecule has 18 heavy (non-hydrogen) atoms. The minimum Gasteiger partial charge on any atom is -0.381 e. The number of aromatic nitrogens is 1. The summed E-state index contributed by atoms with van der Waals surface area (Å²) in [5.74, 6) is 0. The molecule has 0 aromatic carbocycles. The Bertz CT molecular complexity index is 340. The lowest BCUT2D eigenvalue weighted by Gasteiger charge is -2.20. The number of nitrogens with one attached hydrogen (secondary N) is 1. The third kappa shape index (κ3) is 5.23. The summed E-state index contributed by atoms with van der Waals surface area (Å²) in [5.41, 5.74) is 0.974. The SMILES string of the molecule is CCN(CC)CCCC(C)Nc1ccncc1Cl. The summed E-state index contributed by atoms with van der Waals surface area (Å²) >= 11 is 6.06. The second-order valence-corrected chi connectivity index (χ2v) is 4.98. The van der Waals surface area contributed by atoms with Crippen molar-refractivity contribution in [1.29, 1.82) is 0 Å². The van der Waals surface area contributed by atoms with E-state index in [4.69, 9.17) is 11.6 Å². The summed E-state index contributed by atoms with van der Waals surface area (Å²) in [6.45, 7) is 10.1. The molecule has 0 saturated carbocycles. The van der Waals surface area contributed by atoms with Crippen molar-refractivity contribution in [2.45, 2.75) is 39.7 Å². The lowest BCUT2D eigenvalue weighted by molar-refractivity contribution is 0.295. The third-order valence-electron chi connectivity index (χ3n) is 3.18. The highest BCUT2D eigenvalue weighted by Crippen LogP contribution is 2.20. The average molecular weight is 270 g/mol. The molecule has 0 aliphatic carbocycles. The lowest BCUT2D eigenvalue weighted by Crippen LogP contribution is -2.25. The molecule has 0 spiro atoms. The second-order valence-electron chi connectivity index (χ2n) is 4.57. The predicted molar refractivity (Wildman–Crippen MR) is 79.4 cm³/mol. The van der Waals surface area contributed by atoms with Gasteiger partial charge in [-0.05, 0) is 45.5 Å².